The second-order valence-corrected chi connectivity index (χ2v) is 6.01. The third-order valence-electron chi connectivity index (χ3n) is 3.19. The van der Waals surface area contributed by atoms with Gasteiger partial charge in [-0.25, -0.2) is 0 Å². The van der Waals surface area contributed by atoms with Gasteiger partial charge in [-0.05, 0) is 48.9 Å². The number of halogens is 5. The van der Waals surface area contributed by atoms with E-state index in [-0.39, 0.29) is 23.7 Å². The molecule has 0 aliphatic heterocycles. The summed E-state index contributed by atoms with van der Waals surface area (Å²) in [6.45, 7) is 0.252. The molecule has 8 heteroatoms. The van der Waals surface area contributed by atoms with E-state index in [0.717, 1.165) is 12.1 Å². The van der Waals surface area contributed by atoms with Gasteiger partial charge in [0.05, 0.1) is 17.9 Å². The Hall–Kier alpha value is -1.92. The van der Waals surface area contributed by atoms with E-state index in [1.165, 1.54) is 6.07 Å². The lowest BCUT2D eigenvalue weighted by Gasteiger charge is -2.14. The van der Waals surface area contributed by atoms with Crippen LogP contribution >= 0.6 is 23.2 Å². The molecule has 1 N–H and O–H groups in total. The second-order valence-electron chi connectivity index (χ2n) is 5.14. The summed E-state index contributed by atoms with van der Waals surface area (Å²) in [5.41, 5.74) is -1.30. The molecule has 3 nitrogen and oxygen atoms in total. The first-order valence-electron chi connectivity index (χ1n) is 7.30. The van der Waals surface area contributed by atoms with Gasteiger partial charge in [-0.1, -0.05) is 23.2 Å². The highest BCUT2D eigenvalue weighted by molar-refractivity contribution is 6.31. The number of carbonyl (C=O) groups is 1. The highest BCUT2D eigenvalue weighted by Crippen LogP contribution is 2.36. The van der Waals surface area contributed by atoms with Crippen LogP contribution in [0.25, 0.3) is 0 Å². The zero-order chi connectivity index (χ0) is 18.4. The number of benzene rings is 2. The summed E-state index contributed by atoms with van der Waals surface area (Å²) in [5, 5.41) is 2.78. The lowest BCUT2D eigenvalue weighted by atomic mass is 10.1. The molecule has 0 fully saturated rings. The molecular formula is C17H14Cl2F3NO2. The quantitative estimate of drug-likeness (QED) is 0.630. The number of alkyl halides is 3. The molecule has 0 aliphatic carbocycles. The van der Waals surface area contributed by atoms with E-state index in [1.54, 1.807) is 24.3 Å². The van der Waals surface area contributed by atoms with Gasteiger partial charge in [0.2, 0.25) is 5.91 Å². The van der Waals surface area contributed by atoms with Crippen LogP contribution in [0, 0.1) is 0 Å². The van der Waals surface area contributed by atoms with Crippen molar-refractivity contribution in [2.45, 2.75) is 19.0 Å². The Labute approximate surface area is 152 Å². The summed E-state index contributed by atoms with van der Waals surface area (Å²) in [7, 11) is 0. The Kier molecular flexibility index (Phi) is 6.56. The number of amides is 1. The molecule has 25 heavy (non-hydrogen) atoms. The first-order valence-corrected chi connectivity index (χ1v) is 8.06. The van der Waals surface area contributed by atoms with Crippen molar-refractivity contribution in [2.24, 2.45) is 0 Å². The number of nitrogens with one attached hydrogen (secondary N) is 1. The molecule has 0 heterocycles. The van der Waals surface area contributed by atoms with Crippen molar-refractivity contribution in [3.8, 4) is 5.75 Å². The maximum atomic E-state index is 13.0. The van der Waals surface area contributed by atoms with Gasteiger partial charge in [-0.2, -0.15) is 13.2 Å². The minimum Gasteiger partial charge on any atom is -0.494 e. The molecular weight excluding hydrogens is 378 g/mol. The molecule has 134 valence electrons. The Morgan fingerprint density at radius 2 is 1.68 bits per heavy atom. The van der Waals surface area contributed by atoms with Crippen molar-refractivity contribution in [3.05, 3.63) is 58.1 Å². The lowest BCUT2D eigenvalue weighted by Crippen LogP contribution is -2.17. The van der Waals surface area contributed by atoms with Crippen LogP contribution in [0.4, 0.5) is 18.9 Å². The van der Waals surface area contributed by atoms with Gasteiger partial charge in [-0.15, -0.1) is 0 Å². The monoisotopic (exact) mass is 391 g/mol. The third-order valence-corrected chi connectivity index (χ3v) is 3.68. The Bertz CT molecular complexity index is 734. The molecule has 1 amide bonds. The van der Waals surface area contributed by atoms with E-state index in [9.17, 15) is 18.0 Å². The number of anilines is 1. The highest BCUT2D eigenvalue weighted by Gasteiger charge is 2.34. The van der Waals surface area contributed by atoms with Gasteiger partial charge in [-0.3, -0.25) is 4.79 Å². The van der Waals surface area contributed by atoms with Gasteiger partial charge in [0, 0.05) is 16.5 Å². The highest BCUT2D eigenvalue weighted by atomic mass is 35.5. The first-order chi connectivity index (χ1) is 11.8. The van der Waals surface area contributed by atoms with Crippen molar-refractivity contribution < 1.29 is 22.7 Å². The zero-order valence-corrected chi connectivity index (χ0v) is 14.4. The normalized spacial score (nSPS) is 11.2. The number of hydrogen-bond acceptors (Lipinski definition) is 2. The molecule has 0 radical (unpaired) electrons. The standard InChI is InChI=1S/C17H14Cl2F3NO2/c18-11-3-6-13(7-4-11)25-9-1-2-16(24)23-15-8-5-12(19)10-14(15)17(20,21)22/h3-8,10H,1-2,9H2,(H,23,24). The minimum absolute atomic E-state index is 0.0213. The van der Waals surface area contributed by atoms with E-state index in [0.29, 0.717) is 17.2 Å². The van der Waals surface area contributed by atoms with Crippen LogP contribution < -0.4 is 10.1 Å². The zero-order valence-electron chi connectivity index (χ0n) is 12.9. The van der Waals surface area contributed by atoms with Crippen molar-refractivity contribution in [3.63, 3.8) is 0 Å². The maximum Gasteiger partial charge on any atom is 0.418 e. The molecule has 0 spiro atoms. The molecule has 0 aromatic heterocycles. The van der Waals surface area contributed by atoms with Crippen LogP contribution in [0.1, 0.15) is 18.4 Å². The van der Waals surface area contributed by atoms with Gasteiger partial charge >= 0.3 is 6.18 Å². The van der Waals surface area contributed by atoms with Crippen molar-refractivity contribution in [1.82, 2.24) is 0 Å². The molecule has 0 saturated carbocycles. The fourth-order valence-corrected chi connectivity index (χ4v) is 2.32. The molecule has 2 aromatic rings. The molecule has 0 bridgehead atoms. The van der Waals surface area contributed by atoms with E-state index in [1.807, 2.05) is 0 Å². The second kappa shape index (κ2) is 8.45. The van der Waals surface area contributed by atoms with Gasteiger partial charge in [0.25, 0.3) is 0 Å². The van der Waals surface area contributed by atoms with Gasteiger partial charge < -0.3 is 10.1 Å². The summed E-state index contributed by atoms with van der Waals surface area (Å²) in [6, 6.07) is 9.91. The summed E-state index contributed by atoms with van der Waals surface area (Å²) in [4.78, 5) is 11.8. The van der Waals surface area contributed by atoms with Crippen LogP contribution in [0.3, 0.4) is 0 Å². The predicted octanol–water partition coefficient (Wildman–Crippen LogP) is 5.81. The molecule has 2 rings (SSSR count). The number of ether oxygens (including phenoxy) is 1. The van der Waals surface area contributed by atoms with Crippen LogP contribution in [0.15, 0.2) is 42.5 Å². The average molecular weight is 392 g/mol. The van der Waals surface area contributed by atoms with E-state index >= 15 is 0 Å². The fraction of sp³-hybridized carbons (Fsp3) is 0.235. The number of carbonyl (C=O) groups excluding carboxylic acids is 1. The molecule has 0 saturated heterocycles. The van der Waals surface area contributed by atoms with Crippen LogP contribution in [0.5, 0.6) is 5.75 Å². The van der Waals surface area contributed by atoms with Crippen LogP contribution in [0.2, 0.25) is 10.0 Å². The van der Waals surface area contributed by atoms with Crippen LogP contribution in [-0.4, -0.2) is 12.5 Å². The minimum atomic E-state index is -4.61. The fourth-order valence-electron chi connectivity index (χ4n) is 2.03. The molecule has 0 unspecified atom stereocenters. The summed E-state index contributed by atoms with van der Waals surface area (Å²) < 4.78 is 44.3. The van der Waals surface area contributed by atoms with Gasteiger partial charge in [0.15, 0.2) is 0 Å². The average Bonchev–Trinajstić information content (AvgIpc) is 2.54. The molecule has 0 aliphatic rings. The molecule has 0 atom stereocenters. The molecule has 2 aromatic carbocycles. The van der Waals surface area contributed by atoms with Crippen molar-refractivity contribution in [1.29, 1.82) is 0 Å². The van der Waals surface area contributed by atoms with Gasteiger partial charge in [0.1, 0.15) is 5.75 Å². The maximum absolute atomic E-state index is 13.0. The van der Waals surface area contributed by atoms with E-state index in [2.05, 4.69) is 5.32 Å². The smallest absolute Gasteiger partial charge is 0.418 e. The number of rotatable bonds is 6. The summed E-state index contributed by atoms with van der Waals surface area (Å²) in [6.07, 6.45) is -4.23. The summed E-state index contributed by atoms with van der Waals surface area (Å²) >= 11 is 11.3. The lowest BCUT2D eigenvalue weighted by molar-refractivity contribution is -0.137. The SMILES string of the molecule is O=C(CCCOc1ccc(Cl)cc1)Nc1ccc(Cl)cc1C(F)(F)F. The van der Waals surface area contributed by atoms with Crippen molar-refractivity contribution in [2.75, 3.05) is 11.9 Å². The summed E-state index contributed by atoms with van der Waals surface area (Å²) in [5.74, 6) is 0.0643. The Morgan fingerprint density at radius 1 is 1.04 bits per heavy atom. The van der Waals surface area contributed by atoms with E-state index in [4.69, 9.17) is 27.9 Å². The first kappa shape index (κ1) is 19.4. The Morgan fingerprint density at radius 3 is 2.32 bits per heavy atom. The Balaban J connectivity index is 1.85. The largest absolute Gasteiger partial charge is 0.494 e. The van der Waals surface area contributed by atoms with Crippen LogP contribution in [-0.2, 0) is 11.0 Å². The van der Waals surface area contributed by atoms with Crippen molar-refractivity contribution >= 4 is 34.8 Å². The topological polar surface area (TPSA) is 38.3 Å². The third kappa shape index (κ3) is 6.14. The predicted molar refractivity (Wildman–Crippen MR) is 91.3 cm³/mol. The number of hydrogen-bond donors (Lipinski definition) is 1. The van der Waals surface area contributed by atoms with E-state index < -0.39 is 17.6 Å².